The summed E-state index contributed by atoms with van der Waals surface area (Å²) in [5, 5.41) is 0. The van der Waals surface area contributed by atoms with Gasteiger partial charge < -0.3 is 18.9 Å². The summed E-state index contributed by atoms with van der Waals surface area (Å²) in [6, 6.07) is 0. The van der Waals surface area contributed by atoms with Gasteiger partial charge in [0, 0.05) is 13.2 Å². The van der Waals surface area contributed by atoms with E-state index in [0.29, 0.717) is 26.1 Å². The maximum Gasteiger partial charge on any atom is 0.267 e. The molecule has 0 bridgehead atoms. The van der Waals surface area contributed by atoms with E-state index < -0.39 is 20.2 Å². The van der Waals surface area contributed by atoms with Crippen LogP contribution in [0.25, 0.3) is 0 Å². The molecular weight excluding hydrogens is 524 g/mol. The van der Waals surface area contributed by atoms with Crippen LogP contribution in [0, 0.1) is 0 Å². The first kappa shape index (κ1) is 32.9. The predicted octanol–water partition coefficient (Wildman–Crippen LogP) is 3.58. The molecule has 220 valence electrons. The fourth-order valence-corrected chi connectivity index (χ4v) is 6.22. The van der Waals surface area contributed by atoms with Crippen LogP contribution in [0.1, 0.15) is 85.0 Å². The van der Waals surface area contributed by atoms with Crippen LogP contribution in [0.15, 0.2) is 0 Å². The molecule has 2 aliphatic rings. The van der Waals surface area contributed by atoms with Crippen LogP contribution in [-0.2, 0) is 47.5 Å². The van der Waals surface area contributed by atoms with Gasteiger partial charge in [0.15, 0.2) is 0 Å². The smallest absolute Gasteiger partial charge is 0.267 e. The standard InChI is InChI=1S/C25H48O10S2/c1-25(2,3)35-24-13-11-22(12-14-24)32-16-6-20-37(28,29)34-18-17-33-23-9-7-21(8-10-23)31-15-5-19-36(26,27)30-4/h21-24H,5-20H2,1-4H3. The monoisotopic (exact) mass is 572 g/mol. The van der Waals surface area contributed by atoms with E-state index >= 15 is 0 Å². The molecule has 0 atom stereocenters. The topological polar surface area (TPSA) is 124 Å². The third-order valence-electron chi connectivity index (χ3n) is 6.50. The van der Waals surface area contributed by atoms with Gasteiger partial charge in [0.25, 0.3) is 20.2 Å². The third-order valence-corrected chi connectivity index (χ3v) is 9.11. The van der Waals surface area contributed by atoms with Gasteiger partial charge in [-0.1, -0.05) is 0 Å². The van der Waals surface area contributed by atoms with E-state index in [9.17, 15) is 16.8 Å². The SMILES string of the molecule is COS(=O)(=O)CCCOC1CCC(OCCOS(=O)(=O)CCCOC2CCC(OC(C)(C)C)CC2)CC1. The van der Waals surface area contributed by atoms with E-state index in [2.05, 4.69) is 25.0 Å². The highest BCUT2D eigenvalue weighted by molar-refractivity contribution is 7.86. The Kier molecular flexibility index (Phi) is 14.3. The Bertz CT molecular complexity index is 822. The second-order valence-electron chi connectivity index (χ2n) is 10.9. The van der Waals surface area contributed by atoms with E-state index in [1.165, 1.54) is 0 Å². The van der Waals surface area contributed by atoms with Gasteiger partial charge >= 0.3 is 0 Å². The maximum atomic E-state index is 12.1. The first-order valence-electron chi connectivity index (χ1n) is 13.6. The fourth-order valence-electron chi connectivity index (χ4n) is 4.67. The Balaban J connectivity index is 1.46. The van der Waals surface area contributed by atoms with Crippen molar-refractivity contribution in [3.8, 4) is 0 Å². The van der Waals surface area contributed by atoms with Crippen LogP contribution in [0.2, 0.25) is 0 Å². The zero-order chi connectivity index (χ0) is 27.4. The highest BCUT2D eigenvalue weighted by Gasteiger charge is 2.26. The number of hydrogen-bond donors (Lipinski definition) is 0. The highest BCUT2D eigenvalue weighted by Crippen LogP contribution is 2.27. The van der Waals surface area contributed by atoms with Gasteiger partial charge in [0.05, 0.1) is 61.8 Å². The summed E-state index contributed by atoms with van der Waals surface area (Å²) in [5.41, 5.74) is -0.132. The quantitative estimate of drug-likeness (QED) is 0.189. The molecule has 0 N–H and O–H groups in total. The van der Waals surface area contributed by atoms with Crippen LogP contribution < -0.4 is 0 Å². The second-order valence-corrected chi connectivity index (χ2v) is 14.5. The number of ether oxygens (including phenoxy) is 4. The normalized spacial score (nSPS) is 25.8. The zero-order valence-electron chi connectivity index (χ0n) is 23.0. The second kappa shape index (κ2) is 16.1. The molecule has 2 saturated carbocycles. The van der Waals surface area contributed by atoms with Gasteiger partial charge in [-0.15, -0.1) is 0 Å². The van der Waals surface area contributed by atoms with Crippen molar-refractivity contribution in [2.24, 2.45) is 0 Å². The summed E-state index contributed by atoms with van der Waals surface area (Å²) >= 11 is 0. The van der Waals surface area contributed by atoms with Gasteiger partial charge in [0.1, 0.15) is 0 Å². The Morgan fingerprint density at radius 2 is 1.00 bits per heavy atom. The summed E-state index contributed by atoms with van der Waals surface area (Å²) in [7, 11) is -5.88. The van der Waals surface area contributed by atoms with Crippen LogP contribution in [-0.4, -0.2) is 91.9 Å². The minimum atomic E-state index is -3.60. The lowest BCUT2D eigenvalue weighted by atomic mass is 9.94. The van der Waals surface area contributed by atoms with Gasteiger partial charge in [-0.2, -0.15) is 16.8 Å². The molecule has 0 aliphatic heterocycles. The van der Waals surface area contributed by atoms with Gasteiger partial charge in [-0.3, -0.25) is 8.37 Å². The van der Waals surface area contributed by atoms with E-state index in [4.69, 9.17) is 23.1 Å². The molecule has 0 radical (unpaired) electrons. The van der Waals surface area contributed by atoms with Crippen molar-refractivity contribution >= 4 is 20.2 Å². The van der Waals surface area contributed by atoms with Crippen molar-refractivity contribution in [1.82, 2.24) is 0 Å². The Morgan fingerprint density at radius 1 is 0.595 bits per heavy atom. The van der Waals surface area contributed by atoms with Crippen LogP contribution in [0.5, 0.6) is 0 Å². The first-order chi connectivity index (χ1) is 17.4. The molecule has 37 heavy (non-hydrogen) atoms. The van der Waals surface area contributed by atoms with Gasteiger partial charge in [0.2, 0.25) is 0 Å². The summed E-state index contributed by atoms with van der Waals surface area (Å²) < 4.78 is 79.8. The van der Waals surface area contributed by atoms with E-state index in [0.717, 1.165) is 58.5 Å². The molecule has 0 aromatic carbocycles. The van der Waals surface area contributed by atoms with Gasteiger partial charge in [-0.05, 0) is 85.0 Å². The van der Waals surface area contributed by atoms with Crippen LogP contribution in [0.3, 0.4) is 0 Å². The minimum absolute atomic E-state index is 0.00534. The van der Waals surface area contributed by atoms with Crippen LogP contribution >= 0.6 is 0 Å². The fraction of sp³-hybridized carbons (Fsp3) is 1.00. The first-order valence-corrected chi connectivity index (χ1v) is 16.7. The van der Waals surface area contributed by atoms with E-state index in [-0.39, 0.29) is 54.7 Å². The average molecular weight is 573 g/mol. The Morgan fingerprint density at radius 3 is 1.43 bits per heavy atom. The molecule has 0 amide bonds. The van der Waals surface area contributed by atoms with Crippen molar-refractivity contribution < 1.29 is 44.1 Å². The van der Waals surface area contributed by atoms with Crippen LogP contribution in [0.4, 0.5) is 0 Å². The molecule has 0 unspecified atom stereocenters. The molecule has 0 aromatic heterocycles. The molecule has 2 aliphatic carbocycles. The summed E-state index contributed by atoms with van der Waals surface area (Å²) in [6.45, 7) is 7.22. The van der Waals surface area contributed by atoms with Gasteiger partial charge in [-0.25, -0.2) is 0 Å². The van der Waals surface area contributed by atoms with Crippen molar-refractivity contribution in [2.75, 3.05) is 45.0 Å². The lowest BCUT2D eigenvalue weighted by molar-refractivity contribution is -0.0931. The molecule has 0 spiro atoms. The summed E-state index contributed by atoms with van der Waals surface area (Å²) in [5.74, 6) is -0.115. The average Bonchev–Trinajstić information content (AvgIpc) is 2.83. The molecule has 10 nitrogen and oxygen atoms in total. The Hall–Kier alpha value is -0.340. The molecule has 0 aromatic rings. The largest absolute Gasteiger partial charge is 0.378 e. The molecule has 2 fully saturated rings. The van der Waals surface area contributed by atoms with Crippen molar-refractivity contribution in [3.05, 3.63) is 0 Å². The molecular formula is C25H48O10S2. The predicted molar refractivity (Wildman–Crippen MR) is 141 cm³/mol. The molecule has 0 saturated heterocycles. The van der Waals surface area contributed by atoms with Crippen molar-refractivity contribution in [1.29, 1.82) is 0 Å². The molecule has 12 heteroatoms. The Labute approximate surface area is 224 Å². The lowest BCUT2D eigenvalue weighted by Gasteiger charge is -2.33. The lowest BCUT2D eigenvalue weighted by Crippen LogP contribution is -2.33. The summed E-state index contributed by atoms with van der Waals surface area (Å²) in [6.07, 6.45) is 8.50. The molecule has 2 rings (SSSR count). The van der Waals surface area contributed by atoms with Crippen molar-refractivity contribution in [3.63, 3.8) is 0 Å². The number of hydrogen-bond acceptors (Lipinski definition) is 10. The minimum Gasteiger partial charge on any atom is -0.378 e. The van der Waals surface area contributed by atoms with E-state index in [1.807, 2.05) is 0 Å². The highest BCUT2D eigenvalue weighted by atomic mass is 32.2. The maximum absolute atomic E-state index is 12.1. The summed E-state index contributed by atoms with van der Waals surface area (Å²) in [4.78, 5) is 0. The third kappa shape index (κ3) is 15.1. The number of rotatable bonds is 17. The van der Waals surface area contributed by atoms with Crippen molar-refractivity contribution in [2.45, 2.75) is 115 Å². The zero-order valence-corrected chi connectivity index (χ0v) is 24.7. The van der Waals surface area contributed by atoms with E-state index in [1.54, 1.807) is 0 Å². The molecule has 0 heterocycles.